The van der Waals surface area contributed by atoms with E-state index < -0.39 is 29.9 Å². The number of ether oxygens (including phenoxy) is 1. The van der Waals surface area contributed by atoms with Gasteiger partial charge in [0.1, 0.15) is 6.04 Å². The summed E-state index contributed by atoms with van der Waals surface area (Å²) in [5.74, 6) is -3.06. The fraction of sp³-hybridized carbons (Fsp3) is 0.455. The number of carbonyl (C=O) groups excluding carboxylic acids is 2. The van der Waals surface area contributed by atoms with Crippen LogP contribution < -0.4 is 11.1 Å². The molecule has 5 N–H and O–H groups in total. The van der Waals surface area contributed by atoms with E-state index in [0.29, 0.717) is 5.69 Å². The summed E-state index contributed by atoms with van der Waals surface area (Å²) in [6.45, 7) is 1.65. The number of esters is 1. The molecule has 0 bridgehead atoms. The normalized spacial score (nSPS) is 13.3. The number of carboxylic acids is 1. The van der Waals surface area contributed by atoms with Crippen molar-refractivity contribution in [3.63, 3.8) is 0 Å². The molecule has 0 saturated heterocycles. The molecule has 0 saturated carbocycles. The Balaban J connectivity index is 2.63. The zero-order valence-corrected chi connectivity index (χ0v) is 10.8. The number of nitrogens with two attached hydrogens (primary N) is 1. The minimum absolute atomic E-state index is 0.00335. The second-order valence-corrected chi connectivity index (χ2v) is 3.91. The molecule has 1 aromatic rings. The second-order valence-electron chi connectivity index (χ2n) is 3.91. The summed E-state index contributed by atoms with van der Waals surface area (Å²) in [6.07, 6.45) is 2.82. The molecule has 0 aliphatic rings. The van der Waals surface area contributed by atoms with Crippen LogP contribution in [0.3, 0.4) is 0 Å². The van der Waals surface area contributed by atoms with E-state index in [-0.39, 0.29) is 13.0 Å². The Bertz CT molecular complexity index is 473. The largest absolute Gasteiger partial charge is 0.480 e. The van der Waals surface area contributed by atoms with E-state index in [1.165, 1.54) is 12.5 Å². The van der Waals surface area contributed by atoms with Crippen molar-refractivity contribution in [3.05, 3.63) is 18.2 Å². The van der Waals surface area contributed by atoms with Gasteiger partial charge < -0.3 is 25.9 Å². The second kappa shape index (κ2) is 7.24. The van der Waals surface area contributed by atoms with Gasteiger partial charge in [-0.3, -0.25) is 4.79 Å². The SMILES string of the molecule is CCOC(=O)C(N)C(=O)N[C@@H](Cc1cnc[nH]1)C(=O)O. The molecule has 0 radical (unpaired) electrons. The van der Waals surface area contributed by atoms with Crippen LogP contribution in [0.15, 0.2) is 12.5 Å². The number of amides is 1. The predicted molar refractivity (Wildman–Crippen MR) is 66.5 cm³/mol. The van der Waals surface area contributed by atoms with Gasteiger partial charge in [0.05, 0.1) is 12.9 Å². The van der Waals surface area contributed by atoms with Gasteiger partial charge in [-0.05, 0) is 6.92 Å². The molecule has 110 valence electrons. The highest BCUT2D eigenvalue weighted by atomic mass is 16.5. The topological polar surface area (TPSA) is 147 Å². The highest BCUT2D eigenvalue weighted by Crippen LogP contribution is 1.99. The smallest absolute Gasteiger partial charge is 0.332 e. The Morgan fingerprint density at radius 3 is 2.75 bits per heavy atom. The van der Waals surface area contributed by atoms with Gasteiger partial charge in [-0.1, -0.05) is 0 Å². The highest BCUT2D eigenvalue weighted by Gasteiger charge is 2.28. The molecule has 9 heteroatoms. The zero-order chi connectivity index (χ0) is 15.1. The third-order valence-corrected chi connectivity index (χ3v) is 2.42. The van der Waals surface area contributed by atoms with Gasteiger partial charge in [-0.25, -0.2) is 14.6 Å². The third kappa shape index (κ3) is 4.35. The quantitative estimate of drug-likeness (QED) is 0.348. The third-order valence-electron chi connectivity index (χ3n) is 2.42. The maximum atomic E-state index is 11.7. The Morgan fingerprint density at radius 2 is 2.25 bits per heavy atom. The first-order valence-electron chi connectivity index (χ1n) is 5.88. The van der Waals surface area contributed by atoms with Crippen molar-refractivity contribution >= 4 is 17.8 Å². The molecule has 1 rings (SSSR count). The van der Waals surface area contributed by atoms with E-state index in [1.807, 2.05) is 0 Å². The number of carboxylic acid groups (broad SMARTS) is 1. The molecule has 1 amide bonds. The first-order chi connectivity index (χ1) is 9.45. The van der Waals surface area contributed by atoms with Gasteiger partial charge in [0.25, 0.3) is 0 Å². The van der Waals surface area contributed by atoms with Crippen molar-refractivity contribution in [1.29, 1.82) is 0 Å². The van der Waals surface area contributed by atoms with Gasteiger partial charge in [0.15, 0.2) is 6.04 Å². The average Bonchev–Trinajstić information content (AvgIpc) is 2.90. The lowest BCUT2D eigenvalue weighted by Gasteiger charge is -2.16. The van der Waals surface area contributed by atoms with E-state index in [9.17, 15) is 14.4 Å². The standard InChI is InChI=1S/C11H16N4O5/c1-2-20-11(19)8(12)9(16)15-7(10(17)18)3-6-4-13-5-14-6/h4-5,7-8H,2-3,12H2,1H3,(H,13,14)(H,15,16)(H,17,18)/t7-,8?/m0/s1. The Kier molecular flexibility index (Phi) is 5.66. The van der Waals surface area contributed by atoms with Crippen molar-refractivity contribution in [2.75, 3.05) is 6.61 Å². The molecule has 9 nitrogen and oxygen atoms in total. The van der Waals surface area contributed by atoms with Crippen molar-refractivity contribution in [1.82, 2.24) is 15.3 Å². The van der Waals surface area contributed by atoms with Crippen LogP contribution in [0.25, 0.3) is 0 Å². The molecular weight excluding hydrogens is 268 g/mol. The van der Waals surface area contributed by atoms with E-state index in [1.54, 1.807) is 6.92 Å². The fourth-order valence-electron chi connectivity index (χ4n) is 1.42. The summed E-state index contributed by atoms with van der Waals surface area (Å²) >= 11 is 0. The molecule has 0 aliphatic heterocycles. The molecule has 0 spiro atoms. The van der Waals surface area contributed by atoms with Crippen LogP contribution in [0.4, 0.5) is 0 Å². The lowest BCUT2D eigenvalue weighted by atomic mass is 10.1. The average molecular weight is 284 g/mol. The number of imidazole rings is 1. The summed E-state index contributed by atoms with van der Waals surface area (Å²) in [4.78, 5) is 40.5. The minimum Gasteiger partial charge on any atom is -0.480 e. The van der Waals surface area contributed by atoms with Crippen LogP contribution in [0.2, 0.25) is 0 Å². The van der Waals surface area contributed by atoms with E-state index in [0.717, 1.165) is 0 Å². The summed E-state index contributed by atoms with van der Waals surface area (Å²) < 4.78 is 4.58. The minimum atomic E-state index is -1.56. The monoisotopic (exact) mass is 284 g/mol. The van der Waals surface area contributed by atoms with E-state index >= 15 is 0 Å². The zero-order valence-electron chi connectivity index (χ0n) is 10.8. The van der Waals surface area contributed by atoms with Crippen LogP contribution in [-0.2, 0) is 25.5 Å². The molecule has 20 heavy (non-hydrogen) atoms. The van der Waals surface area contributed by atoms with Crippen molar-refractivity contribution < 1.29 is 24.2 Å². The summed E-state index contributed by atoms with van der Waals surface area (Å²) in [6, 6.07) is -2.78. The van der Waals surface area contributed by atoms with Crippen LogP contribution >= 0.6 is 0 Å². The number of aromatic amines is 1. The van der Waals surface area contributed by atoms with E-state index in [2.05, 4.69) is 20.0 Å². The molecule has 0 fully saturated rings. The van der Waals surface area contributed by atoms with Crippen LogP contribution in [-0.4, -0.2) is 51.6 Å². The maximum Gasteiger partial charge on any atom is 0.332 e. The van der Waals surface area contributed by atoms with E-state index in [4.69, 9.17) is 10.8 Å². The Labute approximate surface area is 114 Å². The van der Waals surface area contributed by atoms with Crippen molar-refractivity contribution in [2.24, 2.45) is 5.73 Å². The predicted octanol–water partition coefficient (Wildman–Crippen LogP) is -1.59. The number of hydrogen-bond donors (Lipinski definition) is 4. The molecule has 1 aromatic heterocycles. The fourth-order valence-corrected chi connectivity index (χ4v) is 1.42. The first kappa shape index (κ1) is 15.6. The van der Waals surface area contributed by atoms with Gasteiger partial charge in [0.2, 0.25) is 5.91 Å². The molecule has 2 atom stereocenters. The lowest BCUT2D eigenvalue weighted by Crippen LogP contribution is -2.52. The van der Waals surface area contributed by atoms with Crippen molar-refractivity contribution in [2.45, 2.75) is 25.4 Å². The van der Waals surface area contributed by atoms with Crippen LogP contribution in [0.1, 0.15) is 12.6 Å². The molecule has 1 heterocycles. The number of hydrogen-bond acceptors (Lipinski definition) is 6. The number of nitrogens with one attached hydrogen (secondary N) is 2. The Morgan fingerprint density at radius 1 is 1.55 bits per heavy atom. The number of carbonyl (C=O) groups is 3. The summed E-state index contributed by atoms with van der Waals surface area (Å²) in [5, 5.41) is 11.2. The highest BCUT2D eigenvalue weighted by molar-refractivity contribution is 6.02. The molecular formula is C11H16N4O5. The summed E-state index contributed by atoms with van der Waals surface area (Å²) in [5.41, 5.74) is 5.90. The van der Waals surface area contributed by atoms with Crippen molar-refractivity contribution in [3.8, 4) is 0 Å². The molecule has 0 aliphatic carbocycles. The molecule has 0 aromatic carbocycles. The van der Waals surface area contributed by atoms with Gasteiger partial charge in [0, 0.05) is 18.3 Å². The van der Waals surface area contributed by atoms with Gasteiger partial charge in [-0.2, -0.15) is 0 Å². The maximum absolute atomic E-state index is 11.7. The van der Waals surface area contributed by atoms with Crippen LogP contribution in [0.5, 0.6) is 0 Å². The molecule has 1 unspecified atom stereocenters. The number of nitrogens with zero attached hydrogens (tertiary/aromatic N) is 1. The number of H-pyrrole nitrogens is 1. The first-order valence-corrected chi connectivity index (χ1v) is 5.88. The van der Waals surface area contributed by atoms with Crippen LogP contribution in [0, 0.1) is 0 Å². The number of rotatable bonds is 7. The number of aliphatic carboxylic acids is 1. The Hall–Kier alpha value is -2.42. The summed E-state index contributed by atoms with van der Waals surface area (Å²) in [7, 11) is 0. The lowest BCUT2D eigenvalue weighted by molar-refractivity contribution is -0.150. The van der Waals surface area contributed by atoms with Gasteiger partial charge in [-0.15, -0.1) is 0 Å². The van der Waals surface area contributed by atoms with Gasteiger partial charge >= 0.3 is 11.9 Å². The number of aromatic nitrogens is 2.